The SMILES string of the molecule is Cc1ccc(OCc2ccccc2Cl)c(C#CCCO)c1. The standard InChI is InChI=1S/C18H17ClO2/c1-14-9-10-18(15(12-14)6-4-5-11-20)21-13-16-7-2-3-8-17(16)19/h2-3,7-10,12,20H,5,11,13H2,1H3. The van der Waals surface area contributed by atoms with Crippen LogP contribution in [-0.2, 0) is 6.61 Å². The maximum atomic E-state index is 8.80. The molecule has 0 aromatic heterocycles. The van der Waals surface area contributed by atoms with Crippen LogP contribution in [0.5, 0.6) is 5.75 Å². The molecule has 108 valence electrons. The van der Waals surface area contributed by atoms with Crippen LogP contribution >= 0.6 is 11.6 Å². The lowest BCUT2D eigenvalue weighted by Gasteiger charge is -2.10. The van der Waals surface area contributed by atoms with Crippen molar-refractivity contribution < 1.29 is 9.84 Å². The summed E-state index contributed by atoms with van der Waals surface area (Å²) in [6.45, 7) is 2.47. The largest absolute Gasteiger partial charge is 0.488 e. The summed E-state index contributed by atoms with van der Waals surface area (Å²) in [7, 11) is 0. The molecule has 0 bridgehead atoms. The predicted molar refractivity (Wildman–Crippen MR) is 85.5 cm³/mol. The average molecular weight is 301 g/mol. The van der Waals surface area contributed by atoms with Gasteiger partial charge in [0.1, 0.15) is 12.4 Å². The van der Waals surface area contributed by atoms with E-state index in [1.165, 1.54) is 0 Å². The van der Waals surface area contributed by atoms with Gasteiger partial charge < -0.3 is 9.84 Å². The summed E-state index contributed by atoms with van der Waals surface area (Å²) in [5.41, 5.74) is 2.89. The normalized spacial score (nSPS) is 9.86. The minimum atomic E-state index is 0.0641. The van der Waals surface area contributed by atoms with Crippen molar-refractivity contribution in [3.63, 3.8) is 0 Å². The van der Waals surface area contributed by atoms with Crippen LogP contribution in [0.4, 0.5) is 0 Å². The first-order chi connectivity index (χ1) is 10.2. The van der Waals surface area contributed by atoms with E-state index in [0.717, 1.165) is 22.4 Å². The number of halogens is 1. The minimum absolute atomic E-state index is 0.0641. The maximum Gasteiger partial charge on any atom is 0.135 e. The highest BCUT2D eigenvalue weighted by Crippen LogP contribution is 2.22. The maximum absolute atomic E-state index is 8.80. The molecule has 0 amide bonds. The van der Waals surface area contributed by atoms with Crippen molar-refractivity contribution in [1.29, 1.82) is 0 Å². The minimum Gasteiger partial charge on any atom is -0.488 e. The van der Waals surface area contributed by atoms with Crippen molar-refractivity contribution in [1.82, 2.24) is 0 Å². The van der Waals surface area contributed by atoms with Crippen LogP contribution in [0, 0.1) is 18.8 Å². The number of aryl methyl sites for hydroxylation is 1. The van der Waals surface area contributed by atoms with Crippen LogP contribution in [0.15, 0.2) is 42.5 Å². The number of aliphatic hydroxyl groups is 1. The molecule has 21 heavy (non-hydrogen) atoms. The fourth-order valence-electron chi connectivity index (χ4n) is 1.85. The van der Waals surface area contributed by atoms with Crippen molar-refractivity contribution in [2.45, 2.75) is 20.0 Å². The average Bonchev–Trinajstić information content (AvgIpc) is 2.48. The zero-order chi connectivity index (χ0) is 15.1. The van der Waals surface area contributed by atoms with Gasteiger partial charge in [-0.15, -0.1) is 0 Å². The van der Waals surface area contributed by atoms with E-state index in [4.69, 9.17) is 21.4 Å². The third-order valence-electron chi connectivity index (χ3n) is 2.94. The molecule has 0 radical (unpaired) electrons. The Balaban J connectivity index is 2.16. The Bertz CT molecular complexity index is 668. The van der Waals surface area contributed by atoms with Crippen LogP contribution in [0.1, 0.15) is 23.1 Å². The van der Waals surface area contributed by atoms with Gasteiger partial charge in [0.2, 0.25) is 0 Å². The van der Waals surface area contributed by atoms with Crippen molar-refractivity contribution in [2.75, 3.05) is 6.61 Å². The van der Waals surface area contributed by atoms with Gasteiger partial charge in [0.25, 0.3) is 0 Å². The van der Waals surface area contributed by atoms with Crippen LogP contribution in [0.3, 0.4) is 0 Å². The van der Waals surface area contributed by atoms with E-state index in [9.17, 15) is 0 Å². The molecular weight excluding hydrogens is 284 g/mol. The van der Waals surface area contributed by atoms with Crippen LogP contribution < -0.4 is 4.74 Å². The number of ether oxygens (including phenoxy) is 1. The first-order valence-corrected chi connectivity index (χ1v) is 7.15. The lowest BCUT2D eigenvalue weighted by atomic mass is 10.1. The second kappa shape index (κ2) is 7.73. The van der Waals surface area contributed by atoms with Crippen LogP contribution in [-0.4, -0.2) is 11.7 Å². The quantitative estimate of drug-likeness (QED) is 0.866. The molecule has 0 aliphatic heterocycles. The summed E-state index contributed by atoms with van der Waals surface area (Å²) in [5.74, 6) is 6.69. The summed E-state index contributed by atoms with van der Waals surface area (Å²) in [6.07, 6.45) is 0.456. The number of rotatable bonds is 4. The summed E-state index contributed by atoms with van der Waals surface area (Å²) in [6, 6.07) is 13.5. The fraction of sp³-hybridized carbons (Fsp3) is 0.222. The van der Waals surface area contributed by atoms with E-state index < -0.39 is 0 Å². The zero-order valence-corrected chi connectivity index (χ0v) is 12.7. The van der Waals surface area contributed by atoms with E-state index in [0.29, 0.717) is 18.1 Å². The molecule has 0 aliphatic carbocycles. The van der Waals surface area contributed by atoms with Gasteiger partial charge in [-0.25, -0.2) is 0 Å². The Labute approximate surface area is 130 Å². The molecule has 2 rings (SSSR count). The second-order valence-corrected chi connectivity index (χ2v) is 5.06. The molecular formula is C18H17ClO2. The Kier molecular flexibility index (Phi) is 5.68. The molecule has 2 aromatic rings. The molecule has 1 N–H and O–H groups in total. The van der Waals surface area contributed by atoms with Crippen molar-refractivity contribution in [3.8, 4) is 17.6 Å². The van der Waals surface area contributed by atoms with Crippen molar-refractivity contribution in [3.05, 3.63) is 64.2 Å². The molecule has 0 atom stereocenters. The fourth-order valence-corrected chi connectivity index (χ4v) is 2.04. The Morgan fingerprint density at radius 2 is 2.00 bits per heavy atom. The van der Waals surface area contributed by atoms with E-state index >= 15 is 0 Å². The lowest BCUT2D eigenvalue weighted by Crippen LogP contribution is -1.98. The first-order valence-electron chi connectivity index (χ1n) is 6.77. The molecule has 0 saturated heterocycles. The van der Waals surface area contributed by atoms with E-state index in [2.05, 4.69) is 11.8 Å². The van der Waals surface area contributed by atoms with Gasteiger partial charge in [-0.3, -0.25) is 0 Å². The van der Waals surface area contributed by atoms with Crippen molar-refractivity contribution in [2.24, 2.45) is 0 Å². The van der Waals surface area contributed by atoms with Gasteiger partial charge in [-0.1, -0.05) is 47.7 Å². The number of hydrogen-bond acceptors (Lipinski definition) is 2. The highest BCUT2D eigenvalue weighted by molar-refractivity contribution is 6.31. The summed E-state index contributed by atoms with van der Waals surface area (Å²) >= 11 is 6.12. The molecule has 0 fully saturated rings. The van der Waals surface area contributed by atoms with Gasteiger partial charge in [-0.2, -0.15) is 0 Å². The summed E-state index contributed by atoms with van der Waals surface area (Å²) in [4.78, 5) is 0. The third-order valence-corrected chi connectivity index (χ3v) is 3.30. The van der Waals surface area contributed by atoms with Crippen molar-refractivity contribution >= 4 is 11.6 Å². The Morgan fingerprint density at radius 3 is 2.76 bits per heavy atom. The topological polar surface area (TPSA) is 29.5 Å². The Hall–Kier alpha value is -1.95. The first kappa shape index (κ1) is 15.4. The third kappa shape index (κ3) is 4.53. The molecule has 3 heteroatoms. The highest BCUT2D eigenvalue weighted by Gasteiger charge is 2.04. The van der Waals surface area contributed by atoms with Crippen LogP contribution in [0.25, 0.3) is 0 Å². The molecule has 0 saturated carbocycles. The summed E-state index contributed by atoms with van der Waals surface area (Å²) < 4.78 is 5.84. The predicted octanol–water partition coefficient (Wildman–Crippen LogP) is 3.96. The van der Waals surface area contributed by atoms with Gasteiger partial charge in [-0.05, 0) is 30.7 Å². The number of aliphatic hydroxyl groups excluding tert-OH is 1. The van der Waals surface area contributed by atoms with E-state index in [-0.39, 0.29) is 6.61 Å². The van der Waals surface area contributed by atoms with Gasteiger partial charge in [0, 0.05) is 17.0 Å². The molecule has 0 heterocycles. The van der Waals surface area contributed by atoms with Gasteiger partial charge in [0.05, 0.1) is 12.2 Å². The van der Waals surface area contributed by atoms with Gasteiger partial charge >= 0.3 is 0 Å². The number of hydrogen-bond donors (Lipinski definition) is 1. The van der Waals surface area contributed by atoms with E-state index in [1.807, 2.05) is 49.4 Å². The Morgan fingerprint density at radius 1 is 1.19 bits per heavy atom. The van der Waals surface area contributed by atoms with Crippen LogP contribution in [0.2, 0.25) is 5.02 Å². The van der Waals surface area contributed by atoms with E-state index in [1.54, 1.807) is 0 Å². The molecule has 0 aliphatic rings. The molecule has 0 spiro atoms. The second-order valence-electron chi connectivity index (χ2n) is 4.66. The smallest absolute Gasteiger partial charge is 0.135 e. The summed E-state index contributed by atoms with van der Waals surface area (Å²) in [5, 5.41) is 9.49. The lowest BCUT2D eigenvalue weighted by molar-refractivity contribution is 0.304. The number of benzene rings is 2. The highest BCUT2D eigenvalue weighted by atomic mass is 35.5. The molecule has 2 nitrogen and oxygen atoms in total. The molecule has 2 aromatic carbocycles. The monoisotopic (exact) mass is 300 g/mol. The van der Waals surface area contributed by atoms with Gasteiger partial charge in [0.15, 0.2) is 0 Å². The molecule has 0 unspecified atom stereocenters. The zero-order valence-electron chi connectivity index (χ0n) is 11.9.